The van der Waals surface area contributed by atoms with E-state index in [0.29, 0.717) is 0 Å². The summed E-state index contributed by atoms with van der Waals surface area (Å²) in [6, 6.07) is 10.6. The summed E-state index contributed by atoms with van der Waals surface area (Å²) in [5.74, 6) is 0.791. The molecule has 4 heteroatoms. The van der Waals surface area contributed by atoms with Gasteiger partial charge in [-0.3, -0.25) is 0 Å². The molecule has 20 heavy (non-hydrogen) atoms. The minimum Gasteiger partial charge on any atom is -0.339 e. The van der Waals surface area contributed by atoms with Gasteiger partial charge < -0.3 is 10.6 Å². The largest absolute Gasteiger partial charge is 0.339 e. The van der Waals surface area contributed by atoms with Crippen LogP contribution in [-0.2, 0) is 0 Å². The van der Waals surface area contributed by atoms with Gasteiger partial charge in [-0.15, -0.1) is 0 Å². The van der Waals surface area contributed by atoms with E-state index in [2.05, 4.69) is 41.1 Å². The molecule has 104 valence electrons. The van der Waals surface area contributed by atoms with Gasteiger partial charge in [-0.05, 0) is 31.9 Å². The number of anilines is 1. The number of piperidine rings is 1. The Kier molecular flexibility index (Phi) is 3.65. The SMILES string of the molecule is Cc1cccc(-c2ccnc(N3CCCC(N)C3)n2)c1. The third-order valence-electron chi connectivity index (χ3n) is 3.70. The molecule has 0 spiro atoms. The van der Waals surface area contributed by atoms with Crippen LogP contribution in [-0.4, -0.2) is 29.1 Å². The zero-order chi connectivity index (χ0) is 13.9. The fourth-order valence-corrected chi connectivity index (χ4v) is 2.66. The van der Waals surface area contributed by atoms with Crippen molar-refractivity contribution in [3.63, 3.8) is 0 Å². The first-order valence-electron chi connectivity index (χ1n) is 7.13. The van der Waals surface area contributed by atoms with E-state index in [1.165, 1.54) is 5.56 Å². The summed E-state index contributed by atoms with van der Waals surface area (Å²) in [6.45, 7) is 3.93. The number of nitrogens with zero attached hydrogens (tertiary/aromatic N) is 3. The Hall–Kier alpha value is -1.94. The molecule has 1 fully saturated rings. The van der Waals surface area contributed by atoms with Gasteiger partial charge in [0.2, 0.25) is 5.95 Å². The summed E-state index contributed by atoms with van der Waals surface area (Å²) >= 11 is 0. The second kappa shape index (κ2) is 5.59. The third kappa shape index (κ3) is 2.80. The highest BCUT2D eigenvalue weighted by molar-refractivity contribution is 5.61. The van der Waals surface area contributed by atoms with Gasteiger partial charge in [-0.25, -0.2) is 9.97 Å². The minimum absolute atomic E-state index is 0.231. The number of hydrogen-bond donors (Lipinski definition) is 1. The lowest BCUT2D eigenvalue weighted by atomic mass is 10.1. The molecule has 0 radical (unpaired) electrons. The summed E-state index contributed by atoms with van der Waals surface area (Å²) in [5.41, 5.74) is 9.38. The molecular formula is C16H20N4. The number of aromatic nitrogens is 2. The lowest BCUT2D eigenvalue weighted by molar-refractivity contribution is 0.500. The second-order valence-corrected chi connectivity index (χ2v) is 5.46. The maximum atomic E-state index is 6.03. The number of benzene rings is 1. The van der Waals surface area contributed by atoms with Crippen LogP contribution in [0.4, 0.5) is 5.95 Å². The van der Waals surface area contributed by atoms with Gasteiger partial charge in [0.1, 0.15) is 0 Å². The minimum atomic E-state index is 0.231. The highest BCUT2D eigenvalue weighted by Gasteiger charge is 2.19. The average molecular weight is 268 g/mol. The van der Waals surface area contributed by atoms with E-state index >= 15 is 0 Å². The summed E-state index contributed by atoms with van der Waals surface area (Å²) < 4.78 is 0. The Bertz CT molecular complexity index is 597. The molecule has 2 heterocycles. The van der Waals surface area contributed by atoms with E-state index in [1.807, 2.05) is 12.3 Å². The van der Waals surface area contributed by atoms with Crippen molar-refractivity contribution in [1.29, 1.82) is 0 Å². The molecule has 0 amide bonds. The van der Waals surface area contributed by atoms with Crippen LogP contribution in [0.15, 0.2) is 36.5 Å². The van der Waals surface area contributed by atoms with Gasteiger partial charge in [0.15, 0.2) is 0 Å². The van der Waals surface area contributed by atoms with Crippen molar-refractivity contribution in [1.82, 2.24) is 9.97 Å². The summed E-state index contributed by atoms with van der Waals surface area (Å²) in [5, 5.41) is 0. The first-order chi connectivity index (χ1) is 9.72. The van der Waals surface area contributed by atoms with Crippen molar-refractivity contribution >= 4 is 5.95 Å². The van der Waals surface area contributed by atoms with Gasteiger partial charge in [-0.2, -0.15) is 0 Å². The van der Waals surface area contributed by atoms with Crippen LogP contribution in [0.2, 0.25) is 0 Å². The van der Waals surface area contributed by atoms with Crippen LogP contribution in [0, 0.1) is 6.92 Å². The Morgan fingerprint density at radius 1 is 1.30 bits per heavy atom. The molecule has 1 atom stereocenters. The van der Waals surface area contributed by atoms with Crippen LogP contribution in [0.1, 0.15) is 18.4 Å². The molecule has 1 aliphatic heterocycles. The van der Waals surface area contributed by atoms with E-state index in [4.69, 9.17) is 10.7 Å². The van der Waals surface area contributed by atoms with Gasteiger partial charge in [0.25, 0.3) is 0 Å². The zero-order valence-corrected chi connectivity index (χ0v) is 11.8. The summed E-state index contributed by atoms with van der Waals surface area (Å²) in [7, 11) is 0. The molecule has 1 aromatic heterocycles. The predicted molar refractivity (Wildman–Crippen MR) is 81.6 cm³/mol. The molecule has 0 aliphatic carbocycles. The van der Waals surface area contributed by atoms with Crippen molar-refractivity contribution in [2.75, 3.05) is 18.0 Å². The normalized spacial score (nSPS) is 19.1. The molecule has 0 saturated carbocycles. The number of hydrogen-bond acceptors (Lipinski definition) is 4. The summed E-state index contributed by atoms with van der Waals surface area (Å²) in [6.07, 6.45) is 4.04. The van der Waals surface area contributed by atoms with E-state index in [9.17, 15) is 0 Å². The average Bonchev–Trinajstić information content (AvgIpc) is 2.47. The van der Waals surface area contributed by atoms with Crippen molar-refractivity contribution < 1.29 is 0 Å². The van der Waals surface area contributed by atoms with E-state index in [-0.39, 0.29) is 6.04 Å². The van der Waals surface area contributed by atoms with Crippen molar-refractivity contribution in [2.24, 2.45) is 5.73 Å². The monoisotopic (exact) mass is 268 g/mol. The van der Waals surface area contributed by atoms with Crippen molar-refractivity contribution in [3.8, 4) is 11.3 Å². The van der Waals surface area contributed by atoms with Gasteiger partial charge in [-0.1, -0.05) is 23.8 Å². The fourth-order valence-electron chi connectivity index (χ4n) is 2.66. The lowest BCUT2D eigenvalue weighted by Crippen LogP contribution is -2.43. The highest BCUT2D eigenvalue weighted by Crippen LogP contribution is 2.21. The second-order valence-electron chi connectivity index (χ2n) is 5.46. The molecule has 2 N–H and O–H groups in total. The van der Waals surface area contributed by atoms with Gasteiger partial charge in [0, 0.05) is 30.9 Å². The van der Waals surface area contributed by atoms with Gasteiger partial charge >= 0.3 is 0 Å². The first kappa shape index (κ1) is 13.1. The Morgan fingerprint density at radius 2 is 2.20 bits per heavy atom. The highest BCUT2D eigenvalue weighted by atomic mass is 15.3. The van der Waals surface area contributed by atoms with Crippen LogP contribution >= 0.6 is 0 Å². The summed E-state index contributed by atoms with van der Waals surface area (Å²) in [4.78, 5) is 11.3. The maximum Gasteiger partial charge on any atom is 0.225 e. The maximum absolute atomic E-state index is 6.03. The molecule has 1 saturated heterocycles. The first-order valence-corrected chi connectivity index (χ1v) is 7.13. The Morgan fingerprint density at radius 3 is 3.00 bits per heavy atom. The van der Waals surface area contributed by atoms with E-state index in [0.717, 1.165) is 43.1 Å². The molecular weight excluding hydrogens is 248 g/mol. The molecule has 1 aromatic carbocycles. The molecule has 2 aromatic rings. The molecule has 4 nitrogen and oxygen atoms in total. The van der Waals surface area contributed by atoms with Crippen LogP contribution < -0.4 is 10.6 Å². The Labute approximate surface area is 119 Å². The zero-order valence-electron chi connectivity index (χ0n) is 11.8. The van der Waals surface area contributed by atoms with E-state index in [1.54, 1.807) is 0 Å². The number of nitrogens with two attached hydrogens (primary N) is 1. The number of aryl methyl sites for hydroxylation is 1. The van der Waals surface area contributed by atoms with Gasteiger partial charge in [0.05, 0.1) is 5.69 Å². The van der Waals surface area contributed by atoms with E-state index < -0.39 is 0 Å². The van der Waals surface area contributed by atoms with Crippen LogP contribution in [0.3, 0.4) is 0 Å². The topological polar surface area (TPSA) is 55.0 Å². The molecule has 0 bridgehead atoms. The fraction of sp³-hybridized carbons (Fsp3) is 0.375. The lowest BCUT2D eigenvalue weighted by Gasteiger charge is -2.30. The molecule has 3 rings (SSSR count). The van der Waals surface area contributed by atoms with Crippen molar-refractivity contribution in [2.45, 2.75) is 25.8 Å². The quantitative estimate of drug-likeness (QED) is 0.908. The molecule has 1 unspecified atom stereocenters. The number of rotatable bonds is 2. The van der Waals surface area contributed by atoms with Crippen LogP contribution in [0.5, 0.6) is 0 Å². The Balaban J connectivity index is 1.89. The molecule has 1 aliphatic rings. The standard InChI is InChI=1S/C16H20N4/c1-12-4-2-5-13(10-12)15-7-8-18-16(19-15)20-9-3-6-14(17)11-20/h2,4-5,7-8,10,14H,3,6,9,11,17H2,1H3. The third-order valence-corrected chi connectivity index (χ3v) is 3.70. The smallest absolute Gasteiger partial charge is 0.225 e. The predicted octanol–water partition coefficient (Wildman–Crippen LogP) is 2.38. The van der Waals surface area contributed by atoms with Crippen molar-refractivity contribution in [3.05, 3.63) is 42.1 Å². The van der Waals surface area contributed by atoms with Crippen LogP contribution in [0.25, 0.3) is 11.3 Å².